The number of hydrogen-bond acceptors (Lipinski definition) is 5. The summed E-state index contributed by atoms with van der Waals surface area (Å²) in [4.78, 5) is 7.15. The molecule has 34 heavy (non-hydrogen) atoms. The Balaban J connectivity index is 1.67. The number of aromatic amines is 1. The van der Waals surface area contributed by atoms with Crippen molar-refractivity contribution < 1.29 is 34.3 Å². The van der Waals surface area contributed by atoms with Gasteiger partial charge in [0.15, 0.2) is 11.6 Å². The zero-order chi connectivity index (χ0) is 32.1. The molecule has 0 aliphatic carbocycles. The predicted octanol–water partition coefficient (Wildman–Crippen LogP) is 3.98. The monoisotopic (exact) mass is 496 g/mol. The van der Waals surface area contributed by atoms with Crippen LogP contribution in [0, 0.1) is 11.6 Å². The van der Waals surface area contributed by atoms with Crippen LogP contribution >= 0.6 is 0 Å². The van der Waals surface area contributed by atoms with Gasteiger partial charge in [-0.05, 0) is 24.9 Å². The van der Waals surface area contributed by atoms with Crippen molar-refractivity contribution in [1.82, 2.24) is 24.1 Å². The summed E-state index contributed by atoms with van der Waals surface area (Å²) in [5, 5.41) is 4.25. The summed E-state index contributed by atoms with van der Waals surface area (Å²) in [6.45, 7) is -7.49. The van der Waals surface area contributed by atoms with Crippen LogP contribution in [0.3, 0.4) is 0 Å². The van der Waals surface area contributed by atoms with E-state index in [0.717, 1.165) is 18.5 Å². The summed E-state index contributed by atoms with van der Waals surface area (Å²) in [5.41, 5.74) is 1.02. The average molecular weight is 497 g/mol. The maximum atomic E-state index is 14.4. The van der Waals surface area contributed by atoms with Gasteiger partial charge in [0.2, 0.25) is 10.0 Å². The second kappa shape index (κ2) is 8.48. The van der Waals surface area contributed by atoms with Gasteiger partial charge in [-0.2, -0.15) is 5.10 Å². The van der Waals surface area contributed by atoms with E-state index in [1.165, 1.54) is 25.6 Å². The first-order valence-corrected chi connectivity index (χ1v) is 11.6. The lowest BCUT2D eigenvalue weighted by atomic mass is 10.0. The average Bonchev–Trinajstić information content (AvgIpc) is 3.53. The highest BCUT2D eigenvalue weighted by Gasteiger charge is 2.26. The van der Waals surface area contributed by atoms with Crippen molar-refractivity contribution >= 4 is 21.1 Å². The van der Waals surface area contributed by atoms with E-state index in [4.69, 9.17) is 17.1 Å². The summed E-state index contributed by atoms with van der Waals surface area (Å²) < 4.78 is 134. The van der Waals surface area contributed by atoms with E-state index in [0.29, 0.717) is 33.6 Å². The number of piperidine rings is 1. The number of aromatic nitrogens is 4. The van der Waals surface area contributed by atoms with Gasteiger partial charge < -0.3 is 9.72 Å². The van der Waals surface area contributed by atoms with Crippen molar-refractivity contribution in [1.29, 1.82) is 0 Å². The molecule has 4 aromatic rings. The van der Waals surface area contributed by atoms with Crippen molar-refractivity contribution in [2.45, 2.75) is 18.8 Å². The minimum absolute atomic E-state index is 0.0643. The zero-order valence-electron chi connectivity index (χ0n) is 26.7. The molecule has 0 spiro atoms. The molecule has 1 aromatic carbocycles. The normalized spacial score (nSPS) is 26.5. The first-order chi connectivity index (χ1) is 19.6. The van der Waals surface area contributed by atoms with Crippen LogP contribution in [-0.4, -0.2) is 58.8 Å². The molecule has 1 saturated heterocycles. The van der Waals surface area contributed by atoms with Gasteiger partial charge in [0.1, 0.15) is 11.5 Å². The van der Waals surface area contributed by atoms with Crippen LogP contribution in [0.2, 0.25) is 0 Å². The number of nitrogens with one attached hydrogen (secondary N) is 1. The number of pyridine rings is 1. The number of ether oxygens (including phenoxy) is 1. The van der Waals surface area contributed by atoms with Crippen LogP contribution in [0.1, 0.15) is 31.1 Å². The molecule has 1 aliphatic heterocycles. The molecule has 3 aromatic heterocycles. The Kier molecular flexibility index (Phi) is 3.53. The minimum atomic E-state index is -4.88. The standard InChI is InChI=1S/C23H23F2N5O3S/c1-33-22-18(8-16(24)9-21(22)25)20-12-27-23-19(20)7-14(10-26-23)15-11-28-30(13-15)17-3-5-29(6-4-17)34(2,31)32/h7-13,17H,3-6H2,1-2H3,(H,26,27)/i3D2,4D2,5D2,6D2,17D. The molecule has 8 nitrogen and oxygen atoms in total. The summed E-state index contributed by atoms with van der Waals surface area (Å²) in [6, 6.07) is -0.249. The number of rotatable bonds is 5. The number of hydrogen-bond donors (Lipinski definition) is 1. The van der Waals surface area contributed by atoms with Crippen molar-refractivity contribution in [2.24, 2.45) is 0 Å². The Morgan fingerprint density at radius 1 is 1.18 bits per heavy atom. The molecule has 0 bridgehead atoms. The Morgan fingerprint density at radius 3 is 2.65 bits per heavy atom. The largest absolute Gasteiger partial charge is 0.493 e. The molecule has 178 valence electrons. The number of benzene rings is 1. The molecular weight excluding hydrogens is 464 g/mol. The fourth-order valence-electron chi connectivity index (χ4n) is 3.49. The van der Waals surface area contributed by atoms with Crippen LogP contribution < -0.4 is 4.74 Å². The highest BCUT2D eigenvalue weighted by atomic mass is 32.2. The van der Waals surface area contributed by atoms with Crippen molar-refractivity contribution in [3.63, 3.8) is 0 Å². The molecule has 0 unspecified atom stereocenters. The first kappa shape index (κ1) is 14.2. The molecule has 0 saturated carbocycles. The van der Waals surface area contributed by atoms with Gasteiger partial charge in [0, 0.05) is 76.3 Å². The number of fused-ring (bicyclic) bond motifs is 1. The lowest BCUT2D eigenvalue weighted by Gasteiger charge is -2.30. The Hall–Kier alpha value is -3.31. The minimum Gasteiger partial charge on any atom is -0.493 e. The lowest BCUT2D eigenvalue weighted by Crippen LogP contribution is -2.38. The molecule has 1 N–H and O–H groups in total. The van der Waals surface area contributed by atoms with Gasteiger partial charge in [-0.15, -0.1) is 0 Å². The third kappa shape index (κ3) is 4.05. The molecule has 1 aliphatic rings. The molecule has 4 heterocycles. The van der Waals surface area contributed by atoms with Crippen molar-refractivity contribution in [3.05, 3.63) is 54.6 Å². The second-order valence-electron chi connectivity index (χ2n) is 7.31. The molecule has 11 heteroatoms. The van der Waals surface area contributed by atoms with Crippen LogP contribution in [0.25, 0.3) is 33.3 Å². The smallest absolute Gasteiger partial charge is 0.211 e. The number of nitrogens with zero attached hydrogens (tertiary/aromatic N) is 4. The molecular formula is C23H23F2N5O3S. The van der Waals surface area contributed by atoms with Gasteiger partial charge in [0.25, 0.3) is 0 Å². The summed E-state index contributed by atoms with van der Waals surface area (Å²) >= 11 is 0. The number of halogens is 2. The quantitative estimate of drug-likeness (QED) is 0.451. The van der Waals surface area contributed by atoms with E-state index >= 15 is 0 Å². The van der Waals surface area contributed by atoms with Gasteiger partial charge in [-0.1, -0.05) is 0 Å². The fourth-order valence-corrected chi connectivity index (χ4v) is 3.92. The van der Waals surface area contributed by atoms with E-state index in [1.807, 2.05) is 0 Å². The molecule has 0 amide bonds. The lowest BCUT2D eigenvalue weighted by molar-refractivity contribution is 0.262. The molecule has 5 rings (SSSR count). The second-order valence-corrected chi connectivity index (χ2v) is 9.15. The van der Waals surface area contributed by atoms with Gasteiger partial charge in [0.05, 0.1) is 27.0 Å². The van der Waals surface area contributed by atoms with Gasteiger partial charge in [-0.3, -0.25) is 4.68 Å². The van der Waals surface area contributed by atoms with E-state index in [-0.39, 0.29) is 22.4 Å². The Morgan fingerprint density at radius 2 is 1.94 bits per heavy atom. The van der Waals surface area contributed by atoms with Crippen molar-refractivity contribution in [3.8, 4) is 28.0 Å². The summed E-state index contributed by atoms with van der Waals surface area (Å²) in [5.74, 6) is -2.03. The summed E-state index contributed by atoms with van der Waals surface area (Å²) in [6.07, 6.45) is -2.19. The fraction of sp³-hybridized carbons (Fsp3) is 0.304. The number of methoxy groups -OCH3 is 1. The summed E-state index contributed by atoms with van der Waals surface area (Å²) in [7, 11) is -3.67. The third-order valence-electron chi connectivity index (χ3n) is 5.06. The first-order valence-electron chi connectivity index (χ1n) is 14.2. The van der Waals surface area contributed by atoms with E-state index in [1.54, 1.807) is 0 Å². The van der Waals surface area contributed by atoms with Crippen molar-refractivity contribution in [2.75, 3.05) is 26.4 Å². The maximum Gasteiger partial charge on any atom is 0.211 e. The van der Waals surface area contributed by atoms with E-state index < -0.39 is 57.7 Å². The van der Waals surface area contributed by atoms with Crippen LogP contribution in [0.4, 0.5) is 8.78 Å². The van der Waals surface area contributed by atoms with Crippen LogP contribution in [0.15, 0.2) is 43.0 Å². The number of sulfonamides is 1. The van der Waals surface area contributed by atoms with Gasteiger partial charge >= 0.3 is 0 Å². The maximum absolute atomic E-state index is 14.4. The van der Waals surface area contributed by atoms with Crippen LogP contribution in [0.5, 0.6) is 5.75 Å². The Labute approximate surface area is 207 Å². The highest BCUT2D eigenvalue weighted by molar-refractivity contribution is 7.88. The number of H-pyrrole nitrogens is 1. The molecule has 0 atom stereocenters. The molecule has 1 fully saturated rings. The highest BCUT2D eigenvalue weighted by Crippen LogP contribution is 2.38. The van der Waals surface area contributed by atoms with Gasteiger partial charge in [-0.25, -0.2) is 26.5 Å². The zero-order valence-corrected chi connectivity index (χ0v) is 18.5. The Bertz CT molecular complexity index is 1850. The predicted molar refractivity (Wildman–Crippen MR) is 124 cm³/mol. The van der Waals surface area contributed by atoms with E-state index in [2.05, 4.69) is 15.1 Å². The third-order valence-corrected chi connectivity index (χ3v) is 5.91. The SMILES string of the molecule is [2H]C1([2H])N(S(C)(=O)=O)C([2H])([2H])C([2H])([2H])C([2H])(n2cc(-c3cnc4[nH]cc(-c5cc(F)cc(F)c5OC)c4c3)cn2)C1([2H])[2H]. The molecule has 0 radical (unpaired) electrons. The van der Waals surface area contributed by atoms with Crippen LogP contribution in [-0.2, 0) is 10.0 Å². The van der Waals surface area contributed by atoms with E-state index in [9.17, 15) is 17.2 Å². The topological polar surface area (TPSA) is 93.1 Å².